The highest BCUT2D eigenvalue weighted by Crippen LogP contribution is 2.23. The Morgan fingerprint density at radius 3 is 2.85 bits per heavy atom. The van der Waals surface area contributed by atoms with E-state index < -0.39 is 0 Å². The van der Waals surface area contributed by atoms with E-state index in [0.29, 0.717) is 12.4 Å². The van der Waals surface area contributed by atoms with Gasteiger partial charge in [-0.3, -0.25) is 4.99 Å². The Bertz CT molecular complexity index is 566. The molecule has 2 rings (SSSR count). The van der Waals surface area contributed by atoms with Crippen LogP contribution in [0.4, 0.5) is 0 Å². The van der Waals surface area contributed by atoms with E-state index in [1.54, 1.807) is 24.6 Å². The zero-order valence-electron chi connectivity index (χ0n) is 12.2. The third kappa shape index (κ3) is 4.09. The lowest BCUT2D eigenvalue weighted by molar-refractivity contribution is 0.501. The van der Waals surface area contributed by atoms with Gasteiger partial charge in [0.15, 0.2) is 5.96 Å². The first-order valence-corrected chi connectivity index (χ1v) is 7.33. The second-order valence-electron chi connectivity index (χ2n) is 5.42. The molecule has 20 heavy (non-hydrogen) atoms. The smallest absolute Gasteiger partial charge is 0.236 e. The molecule has 0 aliphatic carbocycles. The van der Waals surface area contributed by atoms with E-state index in [1.165, 1.54) is 0 Å². The first-order chi connectivity index (χ1) is 9.48. The van der Waals surface area contributed by atoms with E-state index in [1.807, 2.05) is 17.5 Å². The Balaban J connectivity index is 1.94. The van der Waals surface area contributed by atoms with Crippen molar-refractivity contribution in [3.63, 3.8) is 0 Å². The minimum atomic E-state index is -0.0339. The molecule has 0 saturated carbocycles. The van der Waals surface area contributed by atoms with Crippen molar-refractivity contribution in [3.05, 3.63) is 29.5 Å². The van der Waals surface area contributed by atoms with Crippen molar-refractivity contribution in [3.8, 4) is 10.8 Å². The third-order valence-corrected chi connectivity index (χ3v) is 3.30. The summed E-state index contributed by atoms with van der Waals surface area (Å²) in [5, 5.41) is 8.52. The molecule has 6 heteroatoms. The van der Waals surface area contributed by atoms with Gasteiger partial charge in [0.2, 0.25) is 5.89 Å². The first-order valence-electron chi connectivity index (χ1n) is 6.45. The van der Waals surface area contributed by atoms with Crippen LogP contribution in [-0.2, 0) is 6.54 Å². The molecule has 2 N–H and O–H groups in total. The van der Waals surface area contributed by atoms with Gasteiger partial charge in [0, 0.05) is 12.6 Å². The number of thiophene rings is 1. The second-order valence-corrected chi connectivity index (χ2v) is 6.37. The van der Waals surface area contributed by atoms with Gasteiger partial charge >= 0.3 is 0 Å². The molecular weight excluding hydrogens is 272 g/mol. The summed E-state index contributed by atoms with van der Waals surface area (Å²) < 4.78 is 5.47. The van der Waals surface area contributed by atoms with Crippen LogP contribution in [0.3, 0.4) is 0 Å². The van der Waals surface area contributed by atoms with Crippen LogP contribution >= 0.6 is 11.3 Å². The fraction of sp³-hybridized carbons (Fsp3) is 0.429. The quantitative estimate of drug-likeness (QED) is 0.674. The maximum Gasteiger partial charge on any atom is 0.236 e. The van der Waals surface area contributed by atoms with Crippen LogP contribution in [0.25, 0.3) is 10.8 Å². The molecule has 0 amide bonds. The van der Waals surface area contributed by atoms with E-state index in [0.717, 1.165) is 16.5 Å². The molecule has 0 saturated heterocycles. The Hall–Kier alpha value is -1.82. The van der Waals surface area contributed by atoms with Gasteiger partial charge in [-0.1, -0.05) is 6.07 Å². The van der Waals surface area contributed by atoms with Gasteiger partial charge in [0.05, 0.1) is 17.1 Å². The van der Waals surface area contributed by atoms with Crippen molar-refractivity contribution in [1.82, 2.24) is 15.6 Å². The number of nitrogens with one attached hydrogen (secondary N) is 2. The van der Waals surface area contributed by atoms with Gasteiger partial charge in [-0.2, -0.15) is 0 Å². The van der Waals surface area contributed by atoms with Crippen LogP contribution in [0.2, 0.25) is 0 Å². The van der Waals surface area contributed by atoms with Crippen LogP contribution in [0.15, 0.2) is 33.2 Å². The fourth-order valence-electron chi connectivity index (χ4n) is 1.61. The van der Waals surface area contributed by atoms with Gasteiger partial charge in [-0.15, -0.1) is 11.3 Å². The van der Waals surface area contributed by atoms with Crippen molar-refractivity contribution in [1.29, 1.82) is 0 Å². The van der Waals surface area contributed by atoms with E-state index >= 15 is 0 Å². The number of hydrogen-bond donors (Lipinski definition) is 2. The molecule has 0 aliphatic heterocycles. The molecule has 2 aromatic heterocycles. The number of aromatic nitrogens is 1. The van der Waals surface area contributed by atoms with Crippen LogP contribution in [0.5, 0.6) is 0 Å². The maximum atomic E-state index is 5.47. The Kier molecular flexibility index (Phi) is 4.44. The summed E-state index contributed by atoms with van der Waals surface area (Å²) >= 11 is 1.61. The summed E-state index contributed by atoms with van der Waals surface area (Å²) in [5.74, 6) is 1.41. The van der Waals surface area contributed by atoms with Crippen molar-refractivity contribution in [2.24, 2.45) is 4.99 Å². The Morgan fingerprint density at radius 2 is 2.25 bits per heavy atom. The molecule has 0 fully saturated rings. The molecule has 0 aliphatic rings. The molecule has 2 heterocycles. The van der Waals surface area contributed by atoms with Gasteiger partial charge in [-0.05, 0) is 32.2 Å². The second kappa shape index (κ2) is 6.09. The topological polar surface area (TPSA) is 62.5 Å². The average Bonchev–Trinajstić information content (AvgIpc) is 3.03. The van der Waals surface area contributed by atoms with Crippen molar-refractivity contribution in [2.75, 3.05) is 7.05 Å². The minimum Gasteiger partial charge on any atom is -0.443 e. The molecule has 0 radical (unpaired) electrons. The van der Waals surface area contributed by atoms with Crippen LogP contribution in [-0.4, -0.2) is 23.5 Å². The summed E-state index contributed by atoms with van der Waals surface area (Å²) in [6.45, 7) is 6.84. The van der Waals surface area contributed by atoms with Gasteiger partial charge in [0.1, 0.15) is 6.26 Å². The number of guanidine groups is 1. The van der Waals surface area contributed by atoms with Crippen molar-refractivity contribution < 1.29 is 4.42 Å². The fourth-order valence-corrected chi connectivity index (χ4v) is 2.27. The van der Waals surface area contributed by atoms with E-state index in [2.05, 4.69) is 41.4 Å². The predicted octanol–water partition coefficient (Wildman–Crippen LogP) is 2.87. The molecule has 0 unspecified atom stereocenters. The summed E-state index contributed by atoms with van der Waals surface area (Å²) in [5.41, 5.74) is 0.818. The first kappa shape index (κ1) is 14.6. The average molecular weight is 292 g/mol. The number of oxazole rings is 1. The standard InChI is InChI=1S/C14H20N4OS/c1-14(2,3)18-13(15-4)16-8-10-9-19-12(17-10)11-6-5-7-20-11/h5-7,9H,8H2,1-4H3,(H2,15,16,18). The van der Waals surface area contributed by atoms with E-state index in [-0.39, 0.29) is 5.54 Å². The number of rotatable bonds is 3. The largest absolute Gasteiger partial charge is 0.443 e. The molecule has 2 aromatic rings. The summed E-state index contributed by atoms with van der Waals surface area (Å²) in [6.07, 6.45) is 1.67. The van der Waals surface area contributed by atoms with Gasteiger partial charge < -0.3 is 15.1 Å². The molecule has 0 spiro atoms. The highest BCUT2D eigenvalue weighted by Gasteiger charge is 2.12. The molecular formula is C14H20N4OS. The van der Waals surface area contributed by atoms with Crippen molar-refractivity contribution >= 4 is 17.3 Å². The predicted molar refractivity (Wildman–Crippen MR) is 82.9 cm³/mol. The van der Waals surface area contributed by atoms with Crippen LogP contribution in [0.1, 0.15) is 26.5 Å². The molecule has 0 bridgehead atoms. The Morgan fingerprint density at radius 1 is 1.45 bits per heavy atom. The van der Waals surface area contributed by atoms with Crippen molar-refractivity contribution in [2.45, 2.75) is 32.9 Å². The number of nitrogens with zero attached hydrogens (tertiary/aromatic N) is 2. The molecule has 0 aromatic carbocycles. The normalized spacial score (nSPS) is 12.5. The van der Waals surface area contributed by atoms with Gasteiger partial charge in [0.25, 0.3) is 0 Å². The lowest BCUT2D eigenvalue weighted by atomic mass is 10.1. The highest BCUT2D eigenvalue weighted by atomic mass is 32.1. The zero-order valence-corrected chi connectivity index (χ0v) is 13.0. The van der Waals surface area contributed by atoms with Crippen LogP contribution in [0, 0.1) is 0 Å². The summed E-state index contributed by atoms with van der Waals surface area (Å²) in [7, 11) is 1.75. The van der Waals surface area contributed by atoms with E-state index in [4.69, 9.17) is 4.42 Å². The monoisotopic (exact) mass is 292 g/mol. The maximum absolute atomic E-state index is 5.47. The Labute approximate surface area is 123 Å². The molecule has 108 valence electrons. The lowest BCUT2D eigenvalue weighted by Gasteiger charge is -2.23. The van der Waals surface area contributed by atoms with Crippen LogP contribution < -0.4 is 10.6 Å². The van der Waals surface area contributed by atoms with E-state index in [9.17, 15) is 0 Å². The number of hydrogen-bond acceptors (Lipinski definition) is 4. The highest BCUT2D eigenvalue weighted by molar-refractivity contribution is 7.13. The molecule has 0 atom stereocenters. The summed E-state index contributed by atoms with van der Waals surface area (Å²) in [6, 6.07) is 3.98. The minimum absolute atomic E-state index is 0.0339. The summed E-state index contributed by atoms with van der Waals surface area (Å²) in [4.78, 5) is 9.67. The zero-order chi connectivity index (χ0) is 14.6. The lowest BCUT2D eigenvalue weighted by Crippen LogP contribution is -2.47. The number of aliphatic imine (C=N–C) groups is 1. The SMILES string of the molecule is CN=C(NCc1coc(-c2cccs2)n1)NC(C)(C)C. The van der Waals surface area contributed by atoms with Gasteiger partial charge in [-0.25, -0.2) is 4.98 Å². The molecule has 5 nitrogen and oxygen atoms in total. The third-order valence-electron chi connectivity index (χ3n) is 2.44.